The second kappa shape index (κ2) is 8.71. The molecule has 1 aromatic heterocycles. The fourth-order valence-electron chi connectivity index (χ4n) is 3.98. The van der Waals surface area contributed by atoms with Crippen LogP contribution in [-0.2, 0) is 22.4 Å². The Morgan fingerprint density at radius 2 is 1.81 bits per heavy atom. The van der Waals surface area contributed by atoms with Gasteiger partial charge in [-0.15, -0.1) is 0 Å². The number of benzene rings is 2. The molecule has 2 aromatic carbocycles. The lowest BCUT2D eigenvalue weighted by atomic mass is 10.2. The van der Waals surface area contributed by atoms with Gasteiger partial charge >= 0.3 is 5.97 Å². The molecule has 0 saturated carbocycles. The second-order valence-corrected chi connectivity index (χ2v) is 7.78. The monoisotopic (exact) mass is 421 g/mol. The number of para-hydroxylation sites is 1. The van der Waals surface area contributed by atoms with E-state index >= 15 is 0 Å². The summed E-state index contributed by atoms with van der Waals surface area (Å²) in [5.74, 6) is -1.26. The van der Waals surface area contributed by atoms with Crippen molar-refractivity contribution < 1.29 is 18.7 Å². The van der Waals surface area contributed by atoms with Gasteiger partial charge in [0.05, 0.1) is 5.69 Å². The molecular weight excluding hydrogens is 397 g/mol. The minimum Gasteiger partial charge on any atom is -0.451 e. The second-order valence-electron chi connectivity index (χ2n) is 7.78. The van der Waals surface area contributed by atoms with Crippen LogP contribution in [0.1, 0.15) is 42.0 Å². The van der Waals surface area contributed by atoms with Crippen molar-refractivity contribution in [2.75, 3.05) is 11.5 Å². The highest BCUT2D eigenvalue weighted by Gasteiger charge is 2.29. The number of carbonyl (C=O) groups is 2. The van der Waals surface area contributed by atoms with E-state index < -0.39 is 5.97 Å². The highest BCUT2D eigenvalue weighted by Crippen LogP contribution is 2.28. The fourth-order valence-corrected chi connectivity index (χ4v) is 3.98. The molecule has 0 radical (unpaired) electrons. The Kier molecular flexibility index (Phi) is 5.84. The summed E-state index contributed by atoms with van der Waals surface area (Å²) in [5.41, 5.74) is 3.42. The molecule has 0 N–H and O–H groups in total. The van der Waals surface area contributed by atoms with Gasteiger partial charge in [-0.25, -0.2) is 13.9 Å². The Balaban J connectivity index is 1.52. The Morgan fingerprint density at radius 3 is 2.48 bits per heavy atom. The van der Waals surface area contributed by atoms with Gasteiger partial charge in [0.15, 0.2) is 12.3 Å². The number of aromatic nitrogens is 2. The van der Waals surface area contributed by atoms with Crippen LogP contribution in [0.5, 0.6) is 0 Å². The van der Waals surface area contributed by atoms with E-state index in [1.54, 1.807) is 21.7 Å². The van der Waals surface area contributed by atoms with E-state index in [9.17, 15) is 14.0 Å². The van der Waals surface area contributed by atoms with Crippen LogP contribution in [0, 0.1) is 5.82 Å². The predicted octanol–water partition coefficient (Wildman–Crippen LogP) is 4.10. The molecule has 0 aliphatic heterocycles. The molecule has 1 amide bonds. The van der Waals surface area contributed by atoms with E-state index in [4.69, 9.17) is 4.74 Å². The first-order chi connectivity index (χ1) is 15.0. The van der Waals surface area contributed by atoms with Gasteiger partial charge in [0.2, 0.25) is 0 Å². The summed E-state index contributed by atoms with van der Waals surface area (Å²) in [7, 11) is 0. The maximum absolute atomic E-state index is 13.3. The predicted molar refractivity (Wildman–Crippen MR) is 115 cm³/mol. The third kappa shape index (κ3) is 4.21. The van der Waals surface area contributed by atoms with Gasteiger partial charge in [0, 0.05) is 23.0 Å². The minimum atomic E-state index is -0.621. The summed E-state index contributed by atoms with van der Waals surface area (Å²) in [4.78, 5) is 27.2. The van der Waals surface area contributed by atoms with Gasteiger partial charge in [-0.3, -0.25) is 4.79 Å². The number of esters is 1. The fraction of sp³-hybridized carbons (Fsp3) is 0.292. The number of halogens is 1. The van der Waals surface area contributed by atoms with Crippen molar-refractivity contribution in [2.24, 2.45) is 0 Å². The molecule has 0 unspecified atom stereocenters. The van der Waals surface area contributed by atoms with Crippen LogP contribution in [-0.4, -0.2) is 34.3 Å². The number of amides is 1. The number of rotatable bonds is 6. The number of ether oxygens (including phenoxy) is 1. The Morgan fingerprint density at radius 1 is 1.10 bits per heavy atom. The van der Waals surface area contributed by atoms with Gasteiger partial charge in [-0.2, -0.15) is 5.10 Å². The summed E-state index contributed by atoms with van der Waals surface area (Å²) >= 11 is 0. The van der Waals surface area contributed by atoms with Gasteiger partial charge in [-0.05, 0) is 69.5 Å². The molecule has 0 saturated heterocycles. The smallest absolute Gasteiger partial charge is 0.359 e. The molecule has 1 aliphatic rings. The molecule has 6 nitrogen and oxygen atoms in total. The zero-order chi connectivity index (χ0) is 22.0. The lowest BCUT2D eigenvalue weighted by Crippen LogP contribution is -2.40. The van der Waals surface area contributed by atoms with E-state index in [2.05, 4.69) is 5.10 Å². The number of hydrogen-bond donors (Lipinski definition) is 0. The average molecular weight is 421 g/mol. The first-order valence-corrected chi connectivity index (χ1v) is 10.4. The highest BCUT2D eigenvalue weighted by atomic mass is 19.1. The Hall–Kier alpha value is -3.48. The normalized spacial score (nSPS) is 12.6. The van der Waals surface area contributed by atoms with Crippen molar-refractivity contribution >= 4 is 17.6 Å². The molecule has 1 aliphatic carbocycles. The zero-order valence-electron chi connectivity index (χ0n) is 17.5. The van der Waals surface area contributed by atoms with Crippen molar-refractivity contribution in [1.29, 1.82) is 0 Å². The first kappa shape index (κ1) is 20.8. The van der Waals surface area contributed by atoms with E-state index in [1.165, 1.54) is 12.1 Å². The van der Waals surface area contributed by atoms with E-state index in [-0.39, 0.29) is 30.1 Å². The molecule has 7 heteroatoms. The number of anilines is 1. The van der Waals surface area contributed by atoms with Crippen molar-refractivity contribution in [1.82, 2.24) is 9.78 Å². The van der Waals surface area contributed by atoms with Gasteiger partial charge in [-0.1, -0.05) is 18.2 Å². The molecular formula is C24H24FN3O3. The topological polar surface area (TPSA) is 64.4 Å². The van der Waals surface area contributed by atoms with Crippen molar-refractivity contribution in [3.8, 4) is 5.69 Å². The van der Waals surface area contributed by atoms with Crippen LogP contribution in [0.25, 0.3) is 5.69 Å². The third-order valence-electron chi connectivity index (χ3n) is 5.34. The standard InChI is InChI=1S/C24H24FN3O3/c1-16(2)27(18-7-4-3-5-8-18)22(29)15-31-24(30)23-20-9-6-10-21(20)28(26-23)19-13-11-17(25)12-14-19/h3-5,7-8,11-14,16H,6,9-10,15H2,1-2H3. The zero-order valence-corrected chi connectivity index (χ0v) is 17.5. The molecule has 31 heavy (non-hydrogen) atoms. The molecule has 4 rings (SSSR count). The van der Waals surface area contributed by atoms with Crippen molar-refractivity contribution in [3.05, 3.63) is 77.4 Å². The molecule has 0 bridgehead atoms. The van der Waals surface area contributed by atoms with E-state index in [0.717, 1.165) is 36.2 Å². The largest absolute Gasteiger partial charge is 0.451 e. The van der Waals surface area contributed by atoms with E-state index in [0.29, 0.717) is 5.69 Å². The summed E-state index contributed by atoms with van der Waals surface area (Å²) in [6.07, 6.45) is 2.40. The van der Waals surface area contributed by atoms with Crippen LogP contribution < -0.4 is 4.90 Å². The number of carbonyl (C=O) groups excluding carboxylic acids is 2. The first-order valence-electron chi connectivity index (χ1n) is 10.4. The van der Waals surface area contributed by atoms with Gasteiger partial charge < -0.3 is 9.64 Å². The number of fused-ring (bicyclic) bond motifs is 1. The summed E-state index contributed by atoms with van der Waals surface area (Å²) in [6, 6.07) is 15.2. The van der Waals surface area contributed by atoms with Crippen LogP contribution in [0.15, 0.2) is 54.6 Å². The molecule has 160 valence electrons. The SMILES string of the molecule is CC(C)N(C(=O)COC(=O)c1nn(-c2ccc(F)cc2)c2c1CCC2)c1ccccc1. The molecule has 0 spiro atoms. The van der Waals surface area contributed by atoms with Gasteiger partial charge in [0.25, 0.3) is 5.91 Å². The lowest BCUT2D eigenvalue weighted by Gasteiger charge is -2.26. The quantitative estimate of drug-likeness (QED) is 0.562. The number of nitrogens with zero attached hydrogens (tertiary/aromatic N) is 3. The lowest BCUT2D eigenvalue weighted by molar-refractivity contribution is -0.122. The molecule has 0 fully saturated rings. The van der Waals surface area contributed by atoms with Crippen molar-refractivity contribution in [2.45, 2.75) is 39.2 Å². The minimum absolute atomic E-state index is 0.0875. The van der Waals surface area contributed by atoms with Gasteiger partial charge in [0.1, 0.15) is 5.82 Å². The van der Waals surface area contributed by atoms with E-state index in [1.807, 2.05) is 44.2 Å². The number of hydrogen-bond acceptors (Lipinski definition) is 4. The van der Waals surface area contributed by atoms with Crippen molar-refractivity contribution in [3.63, 3.8) is 0 Å². The molecule has 1 heterocycles. The van der Waals surface area contributed by atoms with Crippen LogP contribution in [0.4, 0.5) is 10.1 Å². The highest BCUT2D eigenvalue weighted by molar-refractivity contribution is 5.97. The molecule has 0 atom stereocenters. The summed E-state index contributed by atoms with van der Waals surface area (Å²) in [5, 5.41) is 4.44. The van der Waals surface area contributed by atoms with Crippen LogP contribution >= 0.6 is 0 Å². The maximum Gasteiger partial charge on any atom is 0.359 e. The Labute approximate surface area is 180 Å². The Bertz CT molecular complexity index is 1090. The summed E-state index contributed by atoms with van der Waals surface area (Å²) < 4.78 is 20.3. The third-order valence-corrected chi connectivity index (χ3v) is 5.34. The molecule has 3 aromatic rings. The summed E-state index contributed by atoms with van der Waals surface area (Å²) in [6.45, 7) is 3.44. The average Bonchev–Trinajstić information content (AvgIpc) is 3.36. The van der Waals surface area contributed by atoms with Crippen LogP contribution in [0.2, 0.25) is 0 Å². The maximum atomic E-state index is 13.3. The van der Waals surface area contributed by atoms with Crippen LogP contribution in [0.3, 0.4) is 0 Å².